The lowest BCUT2D eigenvalue weighted by Gasteiger charge is -2.22. The molecule has 0 unspecified atom stereocenters. The summed E-state index contributed by atoms with van der Waals surface area (Å²) in [5.41, 5.74) is 1.82. The largest absolute Gasteiger partial charge is 0.328 e. The summed E-state index contributed by atoms with van der Waals surface area (Å²) >= 11 is 3.21. The Balaban J connectivity index is 1.54. The Morgan fingerprint density at radius 2 is 1.44 bits per heavy atom. The lowest BCUT2D eigenvalue weighted by atomic mass is 10.2. The standard InChI is InChI=1S/C24H22N2O3S3/c1-18-6-2-3-9-23(18)25-32(28,29)22-12-10-19(11-13-22)24(27)26(16-20-7-4-14-30-20)17-21-8-5-15-31-21/h2-15,25H,16-17H2,1H3. The molecule has 1 N–H and O–H groups in total. The number of hydrogen-bond donors (Lipinski definition) is 1. The minimum absolute atomic E-state index is 0.111. The van der Waals surface area contributed by atoms with Gasteiger partial charge in [0, 0.05) is 15.3 Å². The summed E-state index contributed by atoms with van der Waals surface area (Å²) in [5.74, 6) is -0.136. The molecular weight excluding hydrogens is 460 g/mol. The van der Waals surface area contributed by atoms with Gasteiger partial charge in [-0.1, -0.05) is 30.3 Å². The number of nitrogens with one attached hydrogen (secondary N) is 1. The van der Waals surface area contributed by atoms with Crippen molar-refractivity contribution in [1.82, 2.24) is 4.90 Å². The second kappa shape index (κ2) is 9.68. The van der Waals surface area contributed by atoms with Gasteiger partial charge in [-0.2, -0.15) is 0 Å². The number of sulfonamides is 1. The molecule has 164 valence electrons. The molecule has 4 rings (SSSR count). The van der Waals surface area contributed by atoms with Gasteiger partial charge in [0.05, 0.1) is 23.7 Å². The highest BCUT2D eigenvalue weighted by Crippen LogP contribution is 2.22. The van der Waals surface area contributed by atoms with Gasteiger partial charge in [0.15, 0.2) is 0 Å². The third kappa shape index (κ3) is 5.27. The van der Waals surface area contributed by atoms with E-state index in [0.717, 1.165) is 15.3 Å². The number of carbonyl (C=O) groups excluding carboxylic acids is 1. The van der Waals surface area contributed by atoms with Crippen LogP contribution in [0.2, 0.25) is 0 Å². The van der Waals surface area contributed by atoms with Crippen LogP contribution in [-0.2, 0) is 23.1 Å². The van der Waals surface area contributed by atoms with E-state index < -0.39 is 10.0 Å². The highest BCUT2D eigenvalue weighted by Gasteiger charge is 2.20. The fourth-order valence-electron chi connectivity index (χ4n) is 3.23. The maximum Gasteiger partial charge on any atom is 0.261 e. The molecule has 0 saturated carbocycles. The van der Waals surface area contributed by atoms with E-state index in [-0.39, 0.29) is 10.8 Å². The SMILES string of the molecule is Cc1ccccc1NS(=O)(=O)c1ccc(C(=O)N(Cc2cccs2)Cc2cccs2)cc1. The molecule has 2 aromatic heterocycles. The van der Waals surface area contributed by atoms with Gasteiger partial charge in [0.25, 0.3) is 15.9 Å². The fourth-order valence-corrected chi connectivity index (χ4v) is 5.80. The number of para-hydroxylation sites is 1. The molecule has 32 heavy (non-hydrogen) atoms. The normalized spacial score (nSPS) is 11.3. The topological polar surface area (TPSA) is 66.5 Å². The molecule has 0 radical (unpaired) electrons. The summed E-state index contributed by atoms with van der Waals surface area (Å²) < 4.78 is 28.2. The van der Waals surface area contributed by atoms with Crippen LogP contribution >= 0.6 is 22.7 Å². The van der Waals surface area contributed by atoms with Gasteiger partial charge >= 0.3 is 0 Å². The van der Waals surface area contributed by atoms with Gasteiger partial charge in [0.2, 0.25) is 0 Å². The minimum Gasteiger partial charge on any atom is -0.328 e. The van der Waals surface area contributed by atoms with Gasteiger partial charge in [-0.15, -0.1) is 22.7 Å². The van der Waals surface area contributed by atoms with Crippen molar-refractivity contribution in [3.63, 3.8) is 0 Å². The van der Waals surface area contributed by atoms with Gasteiger partial charge in [-0.3, -0.25) is 9.52 Å². The number of thiophene rings is 2. The van der Waals surface area contributed by atoms with E-state index >= 15 is 0 Å². The molecule has 2 aromatic carbocycles. The summed E-state index contributed by atoms with van der Waals surface area (Å²) in [4.78, 5) is 17.3. The van der Waals surface area contributed by atoms with E-state index in [2.05, 4.69) is 4.72 Å². The lowest BCUT2D eigenvalue weighted by Crippen LogP contribution is -2.29. The highest BCUT2D eigenvalue weighted by atomic mass is 32.2. The van der Waals surface area contributed by atoms with Crippen molar-refractivity contribution < 1.29 is 13.2 Å². The molecule has 1 amide bonds. The number of nitrogens with zero attached hydrogens (tertiary/aromatic N) is 1. The van der Waals surface area contributed by atoms with E-state index in [9.17, 15) is 13.2 Å². The zero-order valence-corrected chi connectivity index (χ0v) is 19.8. The van der Waals surface area contributed by atoms with Crippen LogP contribution in [-0.4, -0.2) is 19.2 Å². The molecular formula is C24H22N2O3S3. The first-order chi connectivity index (χ1) is 15.4. The summed E-state index contributed by atoms with van der Waals surface area (Å²) in [6, 6.07) is 21.2. The van der Waals surface area contributed by atoms with Crippen LogP contribution in [0.1, 0.15) is 25.7 Å². The number of aryl methyl sites for hydroxylation is 1. The van der Waals surface area contributed by atoms with E-state index in [1.807, 2.05) is 54.1 Å². The monoisotopic (exact) mass is 482 g/mol. The van der Waals surface area contributed by atoms with Crippen LogP contribution < -0.4 is 4.72 Å². The minimum atomic E-state index is -3.75. The summed E-state index contributed by atoms with van der Waals surface area (Å²) in [5, 5.41) is 3.98. The number of hydrogen-bond acceptors (Lipinski definition) is 5. The Labute approximate surface area is 196 Å². The third-order valence-corrected chi connectivity index (χ3v) is 8.05. The number of benzene rings is 2. The average molecular weight is 483 g/mol. The molecule has 0 bridgehead atoms. The Morgan fingerprint density at radius 1 is 0.844 bits per heavy atom. The molecule has 8 heteroatoms. The lowest BCUT2D eigenvalue weighted by molar-refractivity contribution is 0.0733. The number of rotatable bonds is 8. The molecule has 0 aliphatic heterocycles. The predicted molar refractivity (Wildman–Crippen MR) is 131 cm³/mol. The van der Waals surface area contributed by atoms with Crippen molar-refractivity contribution in [2.45, 2.75) is 24.9 Å². The molecule has 0 saturated heterocycles. The third-order valence-electron chi connectivity index (χ3n) is 4.94. The summed E-state index contributed by atoms with van der Waals surface area (Å²) in [6.45, 7) is 2.85. The first-order valence-electron chi connectivity index (χ1n) is 9.95. The molecule has 0 aliphatic rings. The van der Waals surface area contributed by atoms with Crippen molar-refractivity contribution in [2.75, 3.05) is 4.72 Å². The first-order valence-corrected chi connectivity index (χ1v) is 13.2. The molecule has 5 nitrogen and oxygen atoms in total. The smallest absolute Gasteiger partial charge is 0.261 e. The maximum absolute atomic E-state index is 13.3. The summed E-state index contributed by atoms with van der Waals surface area (Å²) in [7, 11) is -3.75. The van der Waals surface area contributed by atoms with Crippen molar-refractivity contribution in [2.24, 2.45) is 0 Å². The number of anilines is 1. The van der Waals surface area contributed by atoms with E-state index in [0.29, 0.717) is 24.3 Å². The quantitative estimate of drug-likeness (QED) is 0.347. The van der Waals surface area contributed by atoms with Crippen LogP contribution in [0.15, 0.2) is 88.5 Å². The number of carbonyl (C=O) groups is 1. The fraction of sp³-hybridized carbons (Fsp3) is 0.125. The second-order valence-corrected chi connectivity index (χ2v) is 11.0. The Morgan fingerprint density at radius 3 is 1.97 bits per heavy atom. The molecule has 0 spiro atoms. The Bertz CT molecular complexity index is 1240. The molecule has 0 aliphatic carbocycles. The second-order valence-electron chi connectivity index (χ2n) is 7.26. The summed E-state index contributed by atoms with van der Waals surface area (Å²) in [6.07, 6.45) is 0. The van der Waals surface area contributed by atoms with Gasteiger partial charge in [0.1, 0.15) is 0 Å². The van der Waals surface area contributed by atoms with E-state index in [1.54, 1.807) is 51.8 Å². The molecule has 0 fully saturated rings. The first kappa shape index (κ1) is 22.3. The molecule has 0 atom stereocenters. The van der Waals surface area contributed by atoms with Crippen LogP contribution in [0, 0.1) is 6.92 Å². The van der Waals surface area contributed by atoms with Gasteiger partial charge in [-0.25, -0.2) is 8.42 Å². The highest BCUT2D eigenvalue weighted by molar-refractivity contribution is 7.92. The maximum atomic E-state index is 13.3. The van der Waals surface area contributed by atoms with E-state index in [4.69, 9.17) is 0 Å². The van der Waals surface area contributed by atoms with Crippen LogP contribution in [0.4, 0.5) is 5.69 Å². The van der Waals surface area contributed by atoms with Crippen molar-refractivity contribution in [3.8, 4) is 0 Å². The Kier molecular flexibility index (Phi) is 6.74. The van der Waals surface area contributed by atoms with E-state index in [1.165, 1.54) is 12.1 Å². The van der Waals surface area contributed by atoms with Crippen LogP contribution in [0.25, 0.3) is 0 Å². The van der Waals surface area contributed by atoms with Gasteiger partial charge < -0.3 is 4.90 Å². The van der Waals surface area contributed by atoms with Crippen LogP contribution in [0.5, 0.6) is 0 Å². The average Bonchev–Trinajstić information content (AvgIpc) is 3.49. The van der Waals surface area contributed by atoms with Crippen molar-refractivity contribution in [3.05, 3.63) is 104 Å². The molecule has 2 heterocycles. The van der Waals surface area contributed by atoms with Gasteiger partial charge in [-0.05, 0) is 65.7 Å². The Hall–Kier alpha value is -2.94. The zero-order valence-electron chi connectivity index (χ0n) is 17.4. The predicted octanol–water partition coefficient (Wildman–Crippen LogP) is 5.76. The van der Waals surface area contributed by atoms with Crippen molar-refractivity contribution >= 4 is 44.3 Å². The zero-order chi connectivity index (χ0) is 22.6. The van der Waals surface area contributed by atoms with Crippen molar-refractivity contribution in [1.29, 1.82) is 0 Å². The number of amides is 1. The van der Waals surface area contributed by atoms with Crippen LogP contribution in [0.3, 0.4) is 0 Å². The molecule has 4 aromatic rings.